The summed E-state index contributed by atoms with van der Waals surface area (Å²) in [6.07, 6.45) is 0.867. The summed E-state index contributed by atoms with van der Waals surface area (Å²) >= 11 is 1.52. The van der Waals surface area contributed by atoms with Crippen molar-refractivity contribution in [3.63, 3.8) is 0 Å². The van der Waals surface area contributed by atoms with E-state index >= 15 is 0 Å². The Morgan fingerprint density at radius 3 is 3.00 bits per heavy atom. The maximum atomic E-state index is 11.7. The van der Waals surface area contributed by atoms with Crippen LogP contribution in [-0.4, -0.2) is 12.5 Å². The highest BCUT2D eigenvalue weighted by Gasteiger charge is 2.21. The predicted octanol–water partition coefficient (Wildman–Crippen LogP) is 1.86. The quantitative estimate of drug-likeness (QED) is 0.841. The summed E-state index contributed by atoms with van der Waals surface area (Å²) < 4.78 is 0. The smallest absolute Gasteiger partial charge is 0.227 e. The van der Waals surface area contributed by atoms with Gasteiger partial charge in [-0.3, -0.25) is 4.79 Å². The fourth-order valence-corrected chi connectivity index (χ4v) is 2.97. The molecule has 0 fully saturated rings. The van der Waals surface area contributed by atoms with E-state index in [0.717, 1.165) is 25.1 Å². The lowest BCUT2D eigenvalue weighted by Gasteiger charge is -2.11. The van der Waals surface area contributed by atoms with E-state index in [-0.39, 0.29) is 11.8 Å². The fraction of sp³-hybridized carbons (Fsp3) is 0.500. The van der Waals surface area contributed by atoms with Gasteiger partial charge in [-0.05, 0) is 18.5 Å². The van der Waals surface area contributed by atoms with Crippen LogP contribution in [0.25, 0.3) is 0 Å². The molecule has 0 atom stereocenters. The highest BCUT2D eigenvalue weighted by molar-refractivity contribution is 7.16. The Morgan fingerprint density at radius 1 is 1.59 bits per heavy atom. The summed E-state index contributed by atoms with van der Waals surface area (Å²) in [5.74, 6) is -0.105. The molecule has 0 saturated carbocycles. The second-order valence-electron chi connectivity index (χ2n) is 4.39. The minimum atomic E-state index is -0.0706. The molecule has 0 saturated heterocycles. The highest BCUT2D eigenvalue weighted by atomic mass is 32.1. The van der Waals surface area contributed by atoms with Gasteiger partial charge in [0, 0.05) is 17.3 Å². The van der Waals surface area contributed by atoms with Gasteiger partial charge in [0.2, 0.25) is 5.91 Å². The van der Waals surface area contributed by atoms with Crippen LogP contribution in [-0.2, 0) is 17.8 Å². The van der Waals surface area contributed by atoms with E-state index in [4.69, 9.17) is 0 Å². The SMILES string of the molecule is CC(C)C(=O)Nc1sc2c(c1C#N)CCNC2. The number of anilines is 1. The Balaban J connectivity index is 2.32. The Hall–Kier alpha value is -1.38. The molecule has 5 heteroatoms. The molecule has 90 valence electrons. The van der Waals surface area contributed by atoms with E-state index < -0.39 is 0 Å². The van der Waals surface area contributed by atoms with Crippen molar-refractivity contribution in [2.75, 3.05) is 11.9 Å². The molecule has 1 aromatic rings. The standard InChI is InChI=1S/C12H15N3OS/c1-7(2)11(16)15-12-9(5-13)8-3-4-14-6-10(8)17-12/h7,14H,3-4,6H2,1-2H3,(H,15,16). The second kappa shape index (κ2) is 4.86. The van der Waals surface area contributed by atoms with Crippen molar-refractivity contribution in [2.24, 2.45) is 5.92 Å². The zero-order valence-corrected chi connectivity index (χ0v) is 10.8. The molecule has 1 amide bonds. The molecular formula is C12H15N3OS. The van der Waals surface area contributed by atoms with Gasteiger partial charge < -0.3 is 10.6 Å². The van der Waals surface area contributed by atoms with Crippen LogP contribution in [0.2, 0.25) is 0 Å². The molecule has 0 aromatic carbocycles. The minimum Gasteiger partial charge on any atom is -0.316 e. The first-order chi connectivity index (χ1) is 8.13. The molecule has 0 aliphatic carbocycles. The minimum absolute atomic E-state index is 0.0342. The molecule has 1 aliphatic heterocycles. The third kappa shape index (κ3) is 2.33. The average molecular weight is 249 g/mol. The zero-order chi connectivity index (χ0) is 12.4. The maximum Gasteiger partial charge on any atom is 0.227 e. The number of hydrogen-bond acceptors (Lipinski definition) is 4. The Labute approximate surface area is 105 Å². The summed E-state index contributed by atoms with van der Waals surface area (Å²) in [7, 11) is 0. The number of amides is 1. The number of nitrogens with zero attached hydrogens (tertiary/aromatic N) is 1. The summed E-state index contributed by atoms with van der Waals surface area (Å²) in [5.41, 5.74) is 1.76. The summed E-state index contributed by atoms with van der Waals surface area (Å²) in [6.45, 7) is 5.38. The topological polar surface area (TPSA) is 64.9 Å². The molecular weight excluding hydrogens is 234 g/mol. The third-order valence-corrected chi connectivity index (χ3v) is 3.95. The second-order valence-corrected chi connectivity index (χ2v) is 5.50. The lowest BCUT2D eigenvalue weighted by molar-refractivity contribution is -0.118. The molecule has 0 bridgehead atoms. The molecule has 2 N–H and O–H groups in total. The van der Waals surface area contributed by atoms with Crippen LogP contribution in [0.3, 0.4) is 0 Å². The first kappa shape index (κ1) is 12.1. The Morgan fingerprint density at radius 2 is 2.35 bits per heavy atom. The van der Waals surface area contributed by atoms with Gasteiger partial charge in [0.1, 0.15) is 11.1 Å². The molecule has 17 heavy (non-hydrogen) atoms. The Kier molecular flexibility index (Phi) is 3.46. The van der Waals surface area contributed by atoms with Crippen LogP contribution in [0, 0.1) is 17.2 Å². The van der Waals surface area contributed by atoms with E-state index in [2.05, 4.69) is 16.7 Å². The number of carbonyl (C=O) groups is 1. The van der Waals surface area contributed by atoms with Crippen LogP contribution in [0.15, 0.2) is 0 Å². The number of nitrogens with one attached hydrogen (secondary N) is 2. The number of hydrogen-bond donors (Lipinski definition) is 2. The van der Waals surface area contributed by atoms with Crippen LogP contribution in [0.5, 0.6) is 0 Å². The summed E-state index contributed by atoms with van der Waals surface area (Å²) in [5, 5.41) is 16.0. The normalized spacial score (nSPS) is 14.2. The van der Waals surface area contributed by atoms with Gasteiger partial charge in [-0.2, -0.15) is 5.26 Å². The molecule has 4 nitrogen and oxygen atoms in total. The van der Waals surface area contributed by atoms with E-state index in [1.807, 2.05) is 13.8 Å². The lowest BCUT2D eigenvalue weighted by atomic mass is 10.0. The van der Waals surface area contributed by atoms with Crippen molar-refractivity contribution in [1.82, 2.24) is 5.32 Å². The van der Waals surface area contributed by atoms with Crippen LogP contribution in [0.4, 0.5) is 5.00 Å². The molecule has 2 heterocycles. The summed E-state index contributed by atoms with van der Waals surface area (Å²) in [6, 6.07) is 2.22. The molecule has 1 aromatic heterocycles. The average Bonchev–Trinajstić information content (AvgIpc) is 2.65. The first-order valence-electron chi connectivity index (χ1n) is 5.69. The van der Waals surface area contributed by atoms with Crippen molar-refractivity contribution in [1.29, 1.82) is 5.26 Å². The molecule has 2 rings (SSSR count). The van der Waals surface area contributed by atoms with Crippen molar-refractivity contribution in [3.05, 3.63) is 16.0 Å². The molecule has 0 spiro atoms. The van der Waals surface area contributed by atoms with Crippen LogP contribution < -0.4 is 10.6 Å². The van der Waals surface area contributed by atoms with E-state index in [9.17, 15) is 10.1 Å². The lowest BCUT2D eigenvalue weighted by Crippen LogP contribution is -2.22. The van der Waals surface area contributed by atoms with Crippen LogP contribution in [0.1, 0.15) is 29.9 Å². The number of fused-ring (bicyclic) bond motifs is 1. The van der Waals surface area contributed by atoms with Gasteiger partial charge in [0.15, 0.2) is 0 Å². The van der Waals surface area contributed by atoms with Gasteiger partial charge in [0.05, 0.1) is 5.56 Å². The van der Waals surface area contributed by atoms with E-state index in [0.29, 0.717) is 10.6 Å². The molecule has 1 aliphatic rings. The van der Waals surface area contributed by atoms with Gasteiger partial charge >= 0.3 is 0 Å². The monoisotopic (exact) mass is 249 g/mol. The first-order valence-corrected chi connectivity index (χ1v) is 6.51. The van der Waals surface area contributed by atoms with Crippen molar-refractivity contribution >= 4 is 22.2 Å². The van der Waals surface area contributed by atoms with E-state index in [1.165, 1.54) is 16.2 Å². The van der Waals surface area contributed by atoms with Gasteiger partial charge in [0.25, 0.3) is 0 Å². The van der Waals surface area contributed by atoms with Gasteiger partial charge in [-0.25, -0.2) is 0 Å². The molecule has 0 unspecified atom stereocenters. The predicted molar refractivity (Wildman–Crippen MR) is 67.9 cm³/mol. The highest BCUT2D eigenvalue weighted by Crippen LogP contribution is 2.34. The third-order valence-electron chi connectivity index (χ3n) is 2.80. The number of carbonyl (C=O) groups excluding carboxylic acids is 1. The van der Waals surface area contributed by atoms with Crippen LogP contribution >= 0.6 is 11.3 Å². The van der Waals surface area contributed by atoms with Gasteiger partial charge in [-0.15, -0.1) is 11.3 Å². The molecule has 0 radical (unpaired) electrons. The van der Waals surface area contributed by atoms with E-state index in [1.54, 1.807) is 0 Å². The Bertz CT molecular complexity index is 485. The number of nitriles is 1. The van der Waals surface area contributed by atoms with Crippen molar-refractivity contribution in [2.45, 2.75) is 26.8 Å². The summed E-state index contributed by atoms with van der Waals surface area (Å²) in [4.78, 5) is 12.8. The van der Waals surface area contributed by atoms with Crippen molar-refractivity contribution in [3.8, 4) is 6.07 Å². The fourth-order valence-electron chi connectivity index (χ4n) is 1.80. The zero-order valence-electron chi connectivity index (χ0n) is 9.96. The number of rotatable bonds is 2. The van der Waals surface area contributed by atoms with Gasteiger partial charge in [-0.1, -0.05) is 13.8 Å². The maximum absolute atomic E-state index is 11.7. The van der Waals surface area contributed by atoms with Crippen molar-refractivity contribution < 1.29 is 4.79 Å². The number of thiophene rings is 1. The largest absolute Gasteiger partial charge is 0.316 e.